The van der Waals surface area contributed by atoms with E-state index in [9.17, 15) is 18.5 Å². The van der Waals surface area contributed by atoms with Gasteiger partial charge in [-0.25, -0.2) is 17.9 Å². The van der Waals surface area contributed by atoms with E-state index in [0.29, 0.717) is 18.7 Å². The summed E-state index contributed by atoms with van der Waals surface area (Å²) in [6.45, 7) is 1.15. The van der Waals surface area contributed by atoms with E-state index in [0.717, 1.165) is 37.4 Å². The Bertz CT molecular complexity index is 1170. The summed E-state index contributed by atoms with van der Waals surface area (Å²) in [6.07, 6.45) is 6.85. The normalized spacial score (nSPS) is 15.7. The average molecular weight is 430 g/mol. The minimum absolute atomic E-state index is 0.0555. The number of nitrogens with one attached hydrogen (secondary N) is 1. The van der Waals surface area contributed by atoms with E-state index in [1.807, 2.05) is 0 Å². The number of benzene rings is 1. The van der Waals surface area contributed by atoms with Crippen molar-refractivity contribution in [2.75, 3.05) is 18.4 Å². The van der Waals surface area contributed by atoms with Crippen LogP contribution in [0.4, 0.5) is 11.4 Å². The van der Waals surface area contributed by atoms with Crippen molar-refractivity contribution in [3.63, 3.8) is 0 Å². The molecule has 0 radical (unpaired) electrons. The van der Waals surface area contributed by atoms with Gasteiger partial charge in [0.1, 0.15) is 5.69 Å². The molecule has 0 aliphatic carbocycles. The van der Waals surface area contributed by atoms with Crippen LogP contribution >= 0.6 is 0 Å². The van der Waals surface area contributed by atoms with E-state index < -0.39 is 14.9 Å². The molecule has 2 aromatic heterocycles. The standard InChI is InChI=1S/C19H22N6O4S/c26-25(27)18-13-16(30(28,29)23-11-3-1-2-4-12-23)5-6-17(18)21-14-15-7-9-20-19-8-10-22-24(15)19/h5-10,13,21H,1-4,11-12,14H2. The van der Waals surface area contributed by atoms with Gasteiger partial charge in [0.25, 0.3) is 5.69 Å². The van der Waals surface area contributed by atoms with Gasteiger partial charge in [-0.1, -0.05) is 12.8 Å². The number of rotatable bonds is 6. The number of fused-ring (bicyclic) bond motifs is 1. The van der Waals surface area contributed by atoms with Crippen molar-refractivity contribution in [1.82, 2.24) is 18.9 Å². The molecule has 0 amide bonds. The van der Waals surface area contributed by atoms with Gasteiger partial charge < -0.3 is 5.32 Å². The van der Waals surface area contributed by atoms with Crippen LogP contribution in [0.3, 0.4) is 0 Å². The Kier molecular flexibility index (Phi) is 5.64. The summed E-state index contributed by atoms with van der Waals surface area (Å²) in [5.41, 5.74) is 1.40. The minimum atomic E-state index is -3.77. The zero-order valence-electron chi connectivity index (χ0n) is 16.3. The summed E-state index contributed by atoms with van der Waals surface area (Å²) in [4.78, 5) is 15.2. The van der Waals surface area contributed by atoms with E-state index in [1.54, 1.807) is 29.0 Å². The molecule has 4 rings (SSSR count). The van der Waals surface area contributed by atoms with Crippen LogP contribution in [-0.4, -0.2) is 45.3 Å². The molecule has 3 aromatic rings. The molecule has 3 heterocycles. The van der Waals surface area contributed by atoms with Crippen LogP contribution in [0.1, 0.15) is 31.4 Å². The largest absolute Gasteiger partial charge is 0.374 e. The van der Waals surface area contributed by atoms with Gasteiger partial charge >= 0.3 is 0 Å². The number of nitro benzene ring substituents is 1. The molecule has 1 aromatic carbocycles. The molecule has 1 aliphatic rings. The fraction of sp³-hybridized carbons (Fsp3) is 0.368. The number of sulfonamides is 1. The molecule has 0 saturated carbocycles. The van der Waals surface area contributed by atoms with E-state index in [-0.39, 0.29) is 22.8 Å². The van der Waals surface area contributed by atoms with Crippen molar-refractivity contribution in [2.24, 2.45) is 0 Å². The Hall–Kier alpha value is -3.05. The van der Waals surface area contributed by atoms with Crippen LogP contribution in [0.2, 0.25) is 0 Å². The van der Waals surface area contributed by atoms with Crippen molar-refractivity contribution in [3.05, 3.63) is 58.5 Å². The Morgan fingerprint density at radius 1 is 1.07 bits per heavy atom. The van der Waals surface area contributed by atoms with E-state index in [1.165, 1.54) is 16.4 Å². The van der Waals surface area contributed by atoms with Crippen LogP contribution in [0.25, 0.3) is 5.65 Å². The smallest absolute Gasteiger partial charge is 0.293 e. The highest BCUT2D eigenvalue weighted by Gasteiger charge is 2.28. The Morgan fingerprint density at radius 2 is 1.83 bits per heavy atom. The molecule has 10 nitrogen and oxygen atoms in total. The highest BCUT2D eigenvalue weighted by molar-refractivity contribution is 7.89. The average Bonchev–Trinajstić information content (AvgIpc) is 3.05. The third-order valence-electron chi connectivity index (χ3n) is 5.20. The Labute approximate surface area is 173 Å². The molecule has 1 fully saturated rings. The van der Waals surface area contributed by atoms with Crippen molar-refractivity contribution < 1.29 is 13.3 Å². The summed E-state index contributed by atoms with van der Waals surface area (Å²) in [6, 6.07) is 7.53. The Morgan fingerprint density at radius 3 is 2.57 bits per heavy atom. The van der Waals surface area contributed by atoms with Gasteiger partial charge in [0.15, 0.2) is 5.65 Å². The lowest BCUT2D eigenvalue weighted by molar-refractivity contribution is -0.384. The second-order valence-electron chi connectivity index (χ2n) is 7.15. The predicted octanol–water partition coefficient (Wildman–Crippen LogP) is 2.81. The van der Waals surface area contributed by atoms with Crippen LogP contribution in [0.15, 0.2) is 47.6 Å². The van der Waals surface area contributed by atoms with Crippen molar-refractivity contribution in [2.45, 2.75) is 37.1 Å². The highest BCUT2D eigenvalue weighted by atomic mass is 32.2. The van der Waals surface area contributed by atoms with Crippen LogP contribution < -0.4 is 5.32 Å². The third kappa shape index (κ3) is 3.98. The molecule has 1 aliphatic heterocycles. The molecule has 0 unspecified atom stereocenters. The molecule has 1 saturated heterocycles. The van der Waals surface area contributed by atoms with Gasteiger partial charge in [0.2, 0.25) is 10.0 Å². The predicted molar refractivity (Wildman–Crippen MR) is 111 cm³/mol. The van der Waals surface area contributed by atoms with Gasteiger partial charge in [-0.15, -0.1) is 0 Å². The molecule has 0 spiro atoms. The third-order valence-corrected chi connectivity index (χ3v) is 7.09. The first kappa shape index (κ1) is 20.2. The summed E-state index contributed by atoms with van der Waals surface area (Å²) in [5, 5.41) is 18.9. The summed E-state index contributed by atoms with van der Waals surface area (Å²) >= 11 is 0. The number of nitro groups is 1. The van der Waals surface area contributed by atoms with Crippen molar-refractivity contribution >= 4 is 27.0 Å². The summed E-state index contributed by atoms with van der Waals surface area (Å²) < 4.78 is 29.0. The number of anilines is 1. The molecule has 0 bridgehead atoms. The molecule has 0 atom stereocenters. The van der Waals surface area contributed by atoms with Gasteiger partial charge in [0.05, 0.1) is 28.3 Å². The molecule has 1 N–H and O–H groups in total. The quantitative estimate of drug-likeness (QED) is 0.471. The second-order valence-corrected chi connectivity index (χ2v) is 9.08. The number of hydrogen-bond acceptors (Lipinski definition) is 7. The summed E-state index contributed by atoms with van der Waals surface area (Å²) in [7, 11) is -3.77. The molecular weight excluding hydrogens is 408 g/mol. The van der Waals surface area contributed by atoms with Gasteiger partial charge in [-0.2, -0.15) is 9.40 Å². The van der Waals surface area contributed by atoms with E-state index in [2.05, 4.69) is 15.4 Å². The lowest BCUT2D eigenvalue weighted by Crippen LogP contribution is -2.32. The Balaban J connectivity index is 1.60. The molecule has 30 heavy (non-hydrogen) atoms. The first-order chi connectivity index (χ1) is 14.5. The van der Waals surface area contributed by atoms with E-state index >= 15 is 0 Å². The van der Waals surface area contributed by atoms with Gasteiger partial charge in [-0.05, 0) is 31.0 Å². The number of nitrogens with zero attached hydrogens (tertiary/aromatic N) is 5. The second kappa shape index (κ2) is 8.36. The molecule has 11 heteroatoms. The van der Waals surface area contributed by atoms with Crippen LogP contribution in [0.5, 0.6) is 0 Å². The fourth-order valence-electron chi connectivity index (χ4n) is 3.61. The van der Waals surface area contributed by atoms with Gasteiger partial charge in [-0.3, -0.25) is 10.1 Å². The summed E-state index contributed by atoms with van der Waals surface area (Å²) in [5.74, 6) is 0. The molecular formula is C19H22N6O4S. The maximum Gasteiger partial charge on any atom is 0.293 e. The number of aromatic nitrogens is 3. The van der Waals surface area contributed by atoms with Crippen molar-refractivity contribution in [3.8, 4) is 0 Å². The lowest BCUT2D eigenvalue weighted by Gasteiger charge is -2.20. The van der Waals surface area contributed by atoms with Gasteiger partial charge in [0, 0.05) is 31.4 Å². The monoisotopic (exact) mass is 430 g/mol. The first-order valence-corrected chi connectivity index (χ1v) is 11.2. The number of hydrogen-bond donors (Lipinski definition) is 1. The van der Waals surface area contributed by atoms with E-state index in [4.69, 9.17) is 0 Å². The maximum atomic E-state index is 13.0. The van der Waals surface area contributed by atoms with Crippen molar-refractivity contribution in [1.29, 1.82) is 0 Å². The van der Waals surface area contributed by atoms with Crippen LogP contribution in [0, 0.1) is 10.1 Å². The molecule has 158 valence electrons. The highest BCUT2D eigenvalue weighted by Crippen LogP contribution is 2.30. The maximum absolute atomic E-state index is 13.0. The lowest BCUT2D eigenvalue weighted by atomic mass is 10.2. The minimum Gasteiger partial charge on any atom is -0.374 e. The fourth-order valence-corrected chi connectivity index (χ4v) is 5.15. The first-order valence-electron chi connectivity index (χ1n) is 9.77. The SMILES string of the molecule is O=[N+]([O-])c1cc(S(=O)(=O)N2CCCCCC2)ccc1NCc1ccnc2ccnn12. The van der Waals surface area contributed by atoms with Crippen LogP contribution in [-0.2, 0) is 16.6 Å². The topological polar surface area (TPSA) is 123 Å². The zero-order valence-corrected chi connectivity index (χ0v) is 17.1. The zero-order chi connectivity index (χ0) is 21.1.